The van der Waals surface area contributed by atoms with Crippen molar-refractivity contribution in [1.29, 1.82) is 5.26 Å². The van der Waals surface area contributed by atoms with E-state index in [0.717, 1.165) is 61.2 Å². The molecule has 5 aromatic carbocycles. The molecule has 2 heterocycles. The maximum atomic E-state index is 9.24. The first-order valence-corrected chi connectivity index (χ1v) is 14.1. The van der Waals surface area contributed by atoms with Crippen molar-refractivity contribution in [3.05, 3.63) is 164 Å². The standard InChI is InChI=1S/C39H26N4/c40-27-28-1-2-36-26-35(4-3-34(36)25-28)31-9-15-39(16-10-31)43(37-11-5-29(6-12-37)32-17-21-41-22-18-32)38-13-7-30(8-14-38)33-19-23-42-24-20-33/h1-26H. The molecule has 0 amide bonds. The van der Waals surface area contributed by atoms with Gasteiger partial charge in [0.2, 0.25) is 0 Å². The van der Waals surface area contributed by atoms with Crippen molar-refractivity contribution in [3.8, 4) is 39.4 Å². The second kappa shape index (κ2) is 11.4. The molecule has 0 N–H and O–H groups in total. The third-order valence-corrected chi connectivity index (χ3v) is 7.71. The molecule has 0 bridgehead atoms. The lowest BCUT2D eigenvalue weighted by Crippen LogP contribution is -2.09. The Kier molecular flexibility index (Phi) is 6.89. The molecule has 7 rings (SSSR count). The monoisotopic (exact) mass is 550 g/mol. The Hall–Kier alpha value is -6.05. The Morgan fingerprint density at radius 2 is 0.767 bits per heavy atom. The number of hydrogen-bond acceptors (Lipinski definition) is 4. The molecule has 2 aromatic heterocycles. The van der Waals surface area contributed by atoms with Crippen LogP contribution in [0.25, 0.3) is 44.2 Å². The highest BCUT2D eigenvalue weighted by Gasteiger charge is 2.14. The van der Waals surface area contributed by atoms with Crippen molar-refractivity contribution in [2.24, 2.45) is 0 Å². The van der Waals surface area contributed by atoms with Gasteiger partial charge >= 0.3 is 0 Å². The molecule has 0 aliphatic rings. The van der Waals surface area contributed by atoms with Gasteiger partial charge in [-0.2, -0.15) is 5.26 Å². The molecule has 0 atom stereocenters. The van der Waals surface area contributed by atoms with Crippen LogP contribution in [-0.2, 0) is 0 Å². The van der Waals surface area contributed by atoms with E-state index >= 15 is 0 Å². The summed E-state index contributed by atoms with van der Waals surface area (Å²) in [6.45, 7) is 0. The van der Waals surface area contributed by atoms with Gasteiger partial charge in [-0.25, -0.2) is 0 Å². The van der Waals surface area contributed by atoms with Crippen LogP contribution in [0, 0.1) is 11.3 Å². The largest absolute Gasteiger partial charge is 0.311 e. The van der Waals surface area contributed by atoms with Crippen LogP contribution >= 0.6 is 0 Å². The van der Waals surface area contributed by atoms with Crippen LogP contribution in [0.15, 0.2) is 158 Å². The average Bonchev–Trinajstić information content (AvgIpc) is 3.09. The maximum Gasteiger partial charge on any atom is 0.0991 e. The zero-order valence-electron chi connectivity index (χ0n) is 23.3. The van der Waals surface area contributed by atoms with Gasteiger partial charge in [0.25, 0.3) is 0 Å². The van der Waals surface area contributed by atoms with Gasteiger partial charge in [-0.3, -0.25) is 9.97 Å². The van der Waals surface area contributed by atoms with Gasteiger partial charge in [0.05, 0.1) is 11.6 Å². The normalized spacial score (nSPS) is 10.8. The quantitative estimate of drug-likeness (QED) is 0.207. The van der Waals surface area contributed by atoms with Crippen molar-refractivity contribution in [2.45, 2.75) is 0 Å². The van der Waals surface area contributed by atoms with Gasteiger partial charge in [-0.05, 0) is 123 Å². The summed E-state index contributed by atoms with van der Waals surface area (Å²) >= 11 is 0. The van der Waals surface area contributed by atoms with E-state index in [0.29, 0.717) is 5.56 Å². The van der Waals surface area contributed by atoms with E-state index in [-0.39, 0.29) is 0 Å². The predicted octanol–water partition coefficient (Wildman–Crippen LogP) is 9.97. The molecule has 0 unspecified atom stereocenters. The fourth-order valence-electron chi connectivity index (χ4n) is 5.44. The first-order valence-electron chi connectivity index (χ1n) is 14.1. The van der Waals surface area contributed by atoms with Crippen LogP contribution in [-0.4, -0.2) is 9.97 Å². The second-order valence-electron chi connectivity index (χ2n) is 10.3. The molecule has 0 radical (unpaired) electrons. The number of nitriles is 1. The molecule has 0 fully saturated rings. The number of aromatic nitrogens is 2. The molecule has 0 saturated heterocycles. The molecule has 0 saturated carbocycles. The fraction of sp³-hybridized carbons (Fsp3) is 0. The Morgan fingerprint density at radius 3 is 1.23 bits per heavy atom. The van der Waals surface area contributed by atoms with Gasteiger partial charge in [0, 0.05) is 41.8 Å². The molecule has 0 aliphatic carbocycles. The minimum absolute atomic E-state index is 0.673. The summed E-state index contributed by atoms with van der Waals surface area (Å²) in [7, 11) is 0. The molecular formula is C39H26N4. The maximum absolute atomic E-state index is 9.24. The Bertz CT molecular complexity index is 1960. The van der Waals surface area contributed by atoms with Crippen LogP contribution < -0.4 is 4.90 Å². The van der Waals surface area contributed by atoms with Crippen LogP contribution in [0.3, 0.4) is 0 Å². The van der Waals surface area contributed by atoms with Crippen LogP contribution in [0.2, 0.25) is 0 Å². The molecule has 7 aromatic rings. The molecule has 0 aliphatic heterocycles. The SMILES string of the molecule is N#Cc1ccc2cc(-c3ccc(N(c4ccc(-c5ccncc5)cc4)c4ccc(-c5ccncc5)cc4)cc3)ccc2c1. The number of fused-ring (bicyclic) bond motifs is 1. The van der Waals surface area contributed by atoms with E-state index in [1.165, 1.54) is 0 Å². The number of anilines is 3. The van der Waals surface area contributed by atoms with E-state index in [1.807, 2.05) is 67.3 Å². The fourth-order valence-corrected chi connectivity index (χ4v) is 5.44. The zero-order chi connectivity index (χ0) is 29.0. The smallest absolute Gasteiger partial charge is 0.0991 e. The topological polar surface area (TPSA) is 52.8 Å². The van der Waals surface area contributed by atoms with Crippen LogP contribution in [0.4, 0.5) is 17.1 Å². The van der Waals surface area contributed by atoms with E-state index in [4.69, 9.17) is 0 Å². The summed E-state index contributed by atoms with van der Waals surface area (Å²) in [5.74, 6) is 0. The lowest BCUT2D eigenvalue weighted by Gasteiger charge is -2.26. The zero-order valence-corrected chi connectivity index (χ0v) is 23.3. The minimum Gasteiger partial charge on any atom is -0.311 e. The number of rotatable bonds is 6. The first kappa shape index (κ1) is 25.9. The summed E-state index contributed by atoms with van der Waals surface area (Å²) in [6.07, 6.45) is 7.28. The van der Waals surface area contributed by atoms with Crippen LogP contribution in [0.5, 0.6) is 0 Å². The summed E-state index contributed by atoms with van der Waals surface area (Å²) in [4.78, 5) is 10.6. The van der Waals surface area contributed by atoms with Crippen molar-refractivity contribution < 1.29 is 0 Å². The Balaban J connectivity index is 1.25. The van der Waals surface area contributed by atoms with Gasteiger partial charge < -0.3 is 4.90 Å². The summed E-state index contributed by atoms with van der Waals surface area (Å²) in [6, 6.07) is 48.5. The molecule has 43 heavy (non-hydrogen) atoms. The van der Waals surface area contributed by atoms with E-state index in [2.05, 4.69) is 112 Å². The third kappa shape index (κ3) is 5.36. The lowest BCUT2D eigenvalue weighted by molar-refractivity contribution is 1.28. The highest BCUT2D eigenvalue weighted by atomic mass is 15.1. The van der Waals surface area contributed by atoms with E-state index in [1.54, 1.807) is 0 Å². The van der Waals surface area contributed by atoms with Crippen molar-refractivity contribution in [2.75, 3.05) is 4.90 Å². The molecular weight excluding hydrogens is 524 g/mol. The molecule has 0 spiro atoms. The van der Waals surface area contributed by atoms with Gasteiger partial charge in [-0.1, -0.05) is 54.6 Å². The highest BCUT2D eigenvalue weighted by Crippen LogP contribution is 2.37. The number of nitrogens with zero attached hydrogens (tertiary/aromatic N) is 4. The second-order valence-corrected chi connectivity index (χ2v) is 10.3. The van der Waals surface area contributed by atoms with Crippen molar-refractivity contribution in [1.82, 2.24) is 9.97 Å². The molecule has 202 valence electrons. The van der Waals surface area contributed by atoms with Gasteiger partial charge in [-0.15, -0.1) is 0 Å². The summed E-state index contributed by atoms with van der Waals surface area (Å²) < 4.78 is 0. The van der Waals surface area contributed by atoms with Crippen molar-refractivity contribution in [3.63, 3.8) is 0 Å². The van der Waals surface area contributed by atoms with Crippen LogP contribution in [0.1, 0.15) is 5.56 Å². The Morgan fingerprint density at radius 1 is 0.395 bits per heavy atom. The van der Waals surface area contributed by atoms with E-state index in [9.17, 15) is 5.26 Å². The van der Waals surface area contributed by atoms with Crippen molar-refractivity contribution >= 4 is 27.8 Å². The number of hydrogen-bond donors (Lipinski definition) is 0. The van der Waals surface area contributed by atoms with Gasteiger partial charge in [0.15, 0.2) is 0 Å². The first-order chi connectivity index (χ1) is 21.2. The number of pyridine rings is 2. The number of benzene rings is 5. The highest BCUT2D eigenvalue weighted by molar-refractivity contribution is 5.89. The Labute approximate surface area is 250 Å². The van der Waals surface area contributed by atoms with E-state index < -0.39 is 0 Å². The van der Waals surface area contributed by atoms with Gasteiger partial charge in [0.1, 0.15) is 0 Å². The summed E-state index contributed by atoms with van der Waals surface area (Å²) in [5.41, 5.74) is 10.7. The molecule has 4 nitrogen and oxygen atoms in total. The minimum atomic E-state index is 0.673. The average molecular weight is 551 g/mol. The third-order valence-electron chi connectivity index (χ3n) is 7.71. The lowest BCUT2D eigenvalue weighted by atomic mass is 9.99. The predicted molar refractivity (Wildman–Crippen MR) is 175 cm³/mol. The summed E-state index contributed by atoms with van der Waals surface area (Å²) in [5, 5.41) is 11.4. The molecule has 4 heteroatoms.